The first-order valence-corrected chi connectivity index (χ1v) is 7.17. The zero-order chi connectivity index (χ0) is 15.4. The molecule has 0 aliphatic carbocycles. The predicted octanol–water partition coefficient (Wildman–Crippen LogP) is 3.32. The Morgan fingerprint density at radius 3 is 2.57 bits per heavy atom. The second kappa shape index (κ2) is 6.48. The number of para-hydroxylation sites is 2. The molecule has 0 saturated carbocycles. The minimum absolute atomic E-state index is 0.715. The van der Waals surface area contributed by atoms with Crippen molar-refractivity contribution in [2.75, 3.05) is 24.3 Å². The number of nitrogens with zero attached hydrogens (tertiary/aromatic N) is 2. The van der Waals surface area contributed by atoms with E-state index in [0.29, 0.717) is 6.54 Å². The smallest absolute Gasteiger partial charge is 0.128 e. The van der Waals surface area contributed by atoms with Gasteiger partial charge in [0, 0.05) is 23.9 Å². The van der Waals surface area contributed by atoms with E-state index in [1.54, 1.807) is 7.11 Å². The molecule has 0 amide bonds. The van der Waals surface area contributed by atoms with E-state index in [1.165, 1.54) is 0 Å². The number of benzene rings is 1. The van der Waals surface area contributed by atoms with Crippen molar-refractivity contribution in [3.8, 4) is 5.75 Å². The lowest BCUT2D eigenvalue weighted by Gasteiger charge is -2.25. The Morgan fingerprint density at radius 2 is 1.95 bits per heavy atom. The van der Waals surface area contributed by atoms with Crippen molar-refractivity contribution in [2.24, 2.45) is 0 Å². The van der Waals surface area contributed by atoms with Crippen LogP contribution >= 0.6 is 0 Å². The Balaban J connectivity index is 2.34. The molecule has 1 aromatic heterocycles. The summed E-state index contributed by atoms with van der Waals surface area (Å²) in [5, 5.41) is 0. The third kappa shape index (κ3) is 3.10. The summed E-state index contributed by atoms with van der Waals surface area (Å²) in [5.74, 6) is 0.914. The molecule has 2 rings (SSSR count). The van der Waals surface area contributed by atoms with Crippen LogP contribution in [0.25, 0.3) is 0 Å². The first-order valence-electron chi connectivity index (χ1n) is 7.17. The predicted molar refractivity (Wildman–Crippen MR) is 87.8 cm³/mol. The molecule has 0 fully saturated rings. The van der Waals surface area contributed by atoms with Crippen LogP contribution < -0.4 is 15.4 Å². The van der Waals surface area contributed by atoms with Crippen LogP contribution in [-0.2, 0) is 6.54 Å². The van der Waals surface area contributed by atoms with Crippen LogP contribution in [0.1, 0.15) is 23.7 Å². The molecule has 1 heterocycles. The van der Waals surface area contributed by atoms with Gasteiger partial charge in [-0.25, -0.2) is 0 Å². The highest BCUT2D eigenvalue weighted by molar-refractivity contribution is 5.67. The summed E-state index contributed by atoms with van der Waals surface area (Å²) in [6, 6.07) is 7.92. The molecule has 1 aromatic carbocycles. The van der Waals surface area contributed by atoms with E-state index in [9.17, 15) is 0 Å². The fourth-order valence-corrected chi connectivity index (χ4v) is 2.55. The summed E-state index contributed by atoms with van der Waals surface area (Å²) in [6.07, 6.45) is 1.86. The third-order valence-corrected chi connectivity index (χ3v) is 3.75. The van der Waals surface area contributed by atoms with Crippen LogP contribution in [0.2, 0.25) is 0 Å². The van der Waals surface area contributed by atoms with Gasteiger partial charge < -0.3 is 15.4 Å². The van der Waals surface area contributed by atoms with Gasteiger partial charge >= 0.3 is 0 Å². The Morgan fingerprint density at radius 1 is 1.24 bits per heavy atom. The summed E-state index contributed by atoms with van der Waals surface area (Å²) in [6.45, 7) is 7.76. The third-order valence-electron chi connectivity index (χ3n) is 3.75. The van der Waals surface area contributed by atoms with Gasteiger partial charge in [-0.15, -0.1) is 0 Å². The molecule has 0 radical (unpaired) electrons. The maximum atomic E-state index is 6.08. The number of nitrogen functional groups attached to an aromatic ring is 1. The summed E-state index contributed by atoms with van der Waals surface area (Å²) < 4.78 is 5.48. The standard InChI is InChI=1S/C17H23N3O/c1-5-20(16-9-7-6-8-14(16)18)11-15-13(3)17(21-4)12(2)10-19-15/h6-10H,5,11,18H2,1-4H3. The van der Waals surface area contributed by atoms with Gasteiger partial charge in [0.2, 0.25) is 0 Å². The number of hydrogen-bond acceptors (Lipinski definition) is 4. The van der Waals surface area contributed by atoms with E-state index in [1.807, 2.05) is 37.4 Å². The van der Waals surface area contributed by atoms with Crippen molar-refractivity contribution in [3.63, 3.8) is 0 Å². The van der Waals surface area contributed by atoms with Crippen molar-refractivity contribution < 1.29 is 4.74 Å². The second-order valence-corrected chi connectivity index (χ2v) is 5.12. The summed E-state index contributed by atoms with van der Waals surface area (Å²) in [5.41, 5.74) is 11.1. The number of hydrogen-bond donors (Lipinski definition) is 1. The van der Waals surface area contributed by atoms with E-state index in [-0.39, 0.29) is 0 Å². The van der Waals surface area contributed by atoms with Gasteiger partial charge in [-0.1, -0.05) is 12.1 Å². The normalized spacial score (nSPS) is 10.5. The molecule has 0 aliphatic rings. The van der Waals surface area contributed by atoms with E-state index in [4.69, 9.17) is 10.5 Å². The summed E-state index contributed by atoms with van der Waals surface area (Å²) in [7, 11) is 1.70. The second-order valence-electron chi connectivity index (χ2n) is 5.12. The average molecular weight is 285 g/mol. The zero-order valence-corrected chi connectivity index (χ0v) is 13.2. The highest BCUT2D eigenvalue weighted by Gasteiger charge is 2.14. The summed E-state index contributed by atoms with van der Waals surface area (Å²) >= 11 is 0. The molecule has 112 valence electrons. The van der Waals surface area contributed by atoms with Crippen LogP contribution in [0.5, 0.6) is 5.75 Å². The number of ether oxygens (including phenoxy) is 1. The molecule has 0 saturated heterocycles. The average Bonchev–Trinajstić information content (AvgIpc) is 2.48. The van der Waals surface area contributed by atoms with Crippen LogP contribution in [0.3, 0.4) is 0 Å². The van der Waals surface area contributed by atoms with Crippen molar-refractivity contribution in [2.45, 2.75) is 27.3 Å². The molecule has 0 aliphatic heterocycles. The van der Waals surface area contributed by atoms with E-state index in [2.05, 4.69) is 23.7 Å². The van der Waals surface area contributed by atoms with Gasteiger partial charge in [0.05, 0.1) is 30.7 Å². The first-order chi connectivity index (χ1) is 10.1. The summed E-state index contributed by atoms with van der Waals surface area (Å²) in [4.78, 5) is 6.79. The topological polar surface area (TPSA) is 51.4 Å². The number of aromatic nitrogens is 1. The highest BCUT2D eigenvalue weighted by atomic mass is 16.5. The maximum Gasteiger partial charge on any atom is 0.128 e. The molecule has 2 aromatic rings. The number of rotatable bonds is 5. The van der Waals surface area contributed by atoms with Crippen molar-refractivity contribution in [1.29, 1.82) is 0 Å². The highest BCUT2D eigenvalue weighted by Crippen LogP contribution is 2.28. The van der Waals surface area contributed by atoms with Crippen molar-refractivity contribution in [1.82, 2.24) is 4.98 Å². The molecule has 0 atom stereocenters. The number of aryl methyl sites for hydroxylation is 1. The van der Waals surface area contributed by atoms with Crippen molar-refractivity contribution in [3.05, 3.63) is 47.3 Å². The molecule has 4 heteroatoms. The Kier molecular flexibility index (Phi) is 4.68. The Bertz CT molecular complexity index is 625. The lowest BCUT2D eigenvalue weighted by atomic mass is 10.1. The fraction of sp³-hybridized carbons (Fsp3) is 0.353. The van der Waals surface area contributed by atoms with Crippen LogP contribution in [0.4, 0.5) is 11.4 Å². The van der Waals surface area contributed by atoms with E-state index < -0.39 is 0 Å². The number of anilines is 2. The molecule has 2 N–H and O–H groups in total. The SMILES string of the molecule is CCN(Cc1ncc(C)c(OC)c1C)c1ccccc1N. The number of methoxy groups -OCH3 is 1. The van der Waals surface area contributed by atoms with E-state index in [0.717, 1.165) is 40.5 Å². The maximum absolute atomic E-state index is 6.08. The van der Waals surface area contributed by atoms with Gasteiger partial charge in [-0.3, -0.25) is 4.98 Å². The zero-order valence-electron chi connectivity index (χ0n) is 13.2. The molecule has 0 unspecified atom stereocenters. The van der Waals surface area contributed by atoms with Gasteiger partial charge in [-0.05, 0) is 32.9 Å². The molecular formula is C17H23N3O. The largest absolute Gasteiger partial charge is 0.496 e. The fourth-order valence-electron chi connectivity index (χ4n) is 2.55. The molecule has 21 heavy (non-hydrogen) atoms. The Hall–Kier alpha value is -2.23. The minimum atomic E-state index is 0.715. The van der Waals surface area contributed by atoms with Gasteiger partial charge in [0.25, 0.3) is 0 Å². The van der Waals surface area contributed by atoms with Crippen LogP contribution in [0, 0.1) is 13.8 Å². The molecule has 4 nitrogen and oxygen atoms in total. The van der Waals surface area contributed by atoms with Gasteiger partial charge in [0.1, 0.15) is 5.75 Å². The van der Waals surface area contributed by atoms with Crippen molar-refractivity contribution >= 4 is 11.4 Å². The lowest BCUT2D eigenvalue weighted by Crippen LogP contribution is -2.24. The van der Waals surface area contributed by atoms with Gasteiger partial charge in [0.15, 0.2) is 0 Å². The quantitative estimate of drug-likeness (QED) is 0.856. The molecule has 0 bridgehead atoms. The minimum Gasteiger partial charge on any atom is -0.496 e. The van der Waals surface area contributed by atoms with Crippen LogP contribution in [-0.4, -0.2) is 18.6 Å². The molecule has 0 spiro atoms. The number of nitrogens with two attached hydrogens (primary N) is 1. The van der Waals surface area contributed by atoms with E-state index >= 15 is 0 Å². The lowest BCUT2D eigenvalue weighted by molar-refractivity contribution is 0.407. The van der Waals surface area contributed by atoms with Crippen LogP contribution in [0.15, 0.2) is 30.5 Å². The Labute approximate surface area is 126 Å². The first kappa shape index (κ1) is 15.2. The molecular weight excluding hydrogens is 262 g/mol. The monoisotopic (exact) mass is 285 g/mol. The van der Waals surface area contributed by atoms with Gasteiger partial charge in [-0.2, -0.15) is 0 Å². The number of pyridine rings is 1.